The number of amides is 1. The van der Waals surface area contributed by atoms with Crippen LogP contribution in [0.5, 0.6) is 0 Å². The van der Waals surface area contributed by atoms with Gasteiger partial charge in [0.2, 0.25) is 5.91 Å². The third-order valence-corrected chi connectivity index (χ3v) is 8.92. The molecule has 7 rings (SSSR count). The second-order valence-corrected chi connectivity index (χ2v) is 13.3. The van der Waals surface area contributed by atoms with Crippen molar-refractivity contribution in [3.8, 4) is 0 Å². The lowest BCUT2D eigenvalue weighted by Gasteiger charge is -2.24. The molecule has 0 unspecified atom stereocenters. The molecule has 1 aromatic carbocycles. The van der Waals surface area contributed by atoms with Crippen LogP contribution in [0, 0.1) is 5.92 Å². The van der Waals surface area contributed by atoms with Crippen molar-refractivity contribution in [3.05, 3.63) is 83.0 Å². The summed E-state index contributed by atoms with van der Waals surface area (Å²) in [5, 5.41) is 3.59. The van der Waals surface area contributed by atoms with Crippen LogP contribution >= 0.6 is 11.6 Å². The zero-order chi connectivity index (χ0) is 28.3. The largest absolute Gasteiger partial charge is 0.345 e. The van der Waals surface area contributed by atoms with Gasteiger partial charge in [-0.25, -0.2) is 15.0 Å². The molecule has 4 heterocycles. The van der Waals surface area contributed by atoms with Gasteiger partial charge in [-0.1, -0.05) is 29.8 Å². The number of rotatable bonds is 8. The Morgan fingerprint density at radius 1 is 1.07 bits per heavy atom. The topological polar surface area (TPSA) is 119 Å². The first-order chi connectivity index (χ1) is 19.7. The lowest BCUT2D eigenvalue weighted by atomic mass is 10.1. The van der Waals surface area contributed by atoms with E-state index in [1.54, 1.807) is 6.07 Å². The van der Waals surface area contributed by atoms with E-state index in [2.05, 4.69) is 27.5 Å². The van der Waals surface area contributed by atoms with Gasteiger partial charge in [0, 0.05) is 42.4 Å². The molecule has 3 aromatic heterocycles. The summed E-state index contributed by atoms with van der Waals surface area (Å²) >= 11 is 6.13. The van der Waals surface area contributed by atoms with Crippen molar-refractivity contribution >= 4 is 44.9 Å². The van der Waals surface area contributed by atoms with Crippen molar-refractivity contribution in [1.29, 1.82) is 0 Å². The summed E-state index contributed by atoms with van der Waals surface area (Å²) in [6.45, 7) is 0.294. The normalized spacial score (nSPS) is 24.1. The highest BCUT2D eigenvalue weighted by molar-refractivity contribution is 7.86. The van der Waals surface area contributed by atoms with Crippen molar-refractivity contribution in [2.75, 3.05) is 23.0 Å². The Labute approximate surface area is 242 Å². The van der Waals surface area contributed by atoms with Crippen LogP contribution in [0.1, 0.15) is 60.4 Å². The quantitative estimate of drug-likeness (QED) is 0.293. The number of halogens is 1. The molecule has 4 atom stereocenters. The van der Waals surface area contributed by atoms with E-state index in [0.29, 0.717) is 35.5 Å². The van der Waals surface area contributed by atoms with Gasteiger partial charge in [-0.05, 0) is 60.4 Å². The molecule has 212 valence electrons. The number of imidazole rings is 1. The van der Waals surface area contributed by atoms with Gasteiger partial charge in [-0.3, -0.25) is 8.98 Å². The Morgan fingerprint density at radius 2 is 1.93 bits per heavy atom. The molecule has 2 aliphatic carbocycles. The summed E-state index contributed by atoms with van der Waals surface area (Å²) in [5.74, 6) is 1.42. The molecular weight excluding hydrogens is 564 g/mol. The number of anilines is 2. The average molecular weight is 593 g/mol. The highest BCUT2D eigenvalue weighted by Gasteiger charge is 2.44. The van der Waals surface area contributed by atoms with Gasteiger partial charge < -0.3 is 14.6 Å². The number of pyridine rings is 1. The first-order valence-corrected chi connectivity index (χ1v) is 15.9. The summed E-state index contributed by atoms with van der Waals surface area (Å²) in [4.78, 5) is 28.6. The maximum absolute atomic E-state index is 13.0. The molecule has 3 fully saturated rings. The van der Waals surface area contributed by atoms with E-state index in [4.69, 9.17) is 20.8 Å². The van der Waals surface area contributed by atoms with Gasteiger partial charge in [0.15, 0.2) is 0 Å². The van der Waals surface area contributed by atoms with Crippen molar-refractivity contribution in [1.82, 2.24) is 19.4 Å². The number of nitrogens with one attached hydrogen (secondary N) is 1. The highest BCUT2D eigenvalue weighted by Crippen LogP contribution is 2.48. The van der Waals surface area contributed by atoms with Gasteiger partial charge in [-0.2, -0.15) is 8.42 Å². The molecule has 2 saturated carbocycles. The lowest BCUT2D eigenvalue weighted by Crippen LogP contribution is -2.27. The Hall–Kier alpha value is -3.54. The molecule has 41 heavy (non-hydrogen) atoms. The fourth-order valence-corrected chi connectivity index (χ4v) is 6.71. The SMILES string of the molecule is CS(=O)(=O)O[C@@H]1C[C@H](c2cn3cc(C4CC4)ccc3n2)N(c2cc(NC(=O)[C@H]3C[C@@H]3c3cccc(Cl)c3)ncn2)C1. The Bertz CT molecular complexity index is 1760. The van der Waals surface area contributed by atoms with Crippen LogP contribution in [0.25, 0.3) is 5.65 Å². The molecule has 3 aliphatic rings. The first-order valence-electron chi connectivity index (χ1n) is 13.7. The standard InChI is InChI=1S/C29H29ClN6O4S/c1-41(38,39)40-21-10-25(24-15-35-13-19(17-5-6-17)7-8-27(35)33-24)36(14-21)28-12-26(31-16-32-28)34-29(37)23-11-22(23)18-3-2-4-20(30)9-18/h2-4,7-9,12-13,15-17,21-23,25H,5-6,10-11,14H2,1H3,(H,31,32,34,37)/t21-,22-,23+,25-/m1/s1. The number of carbonyl (C=O) groups excluding carboxylic acids is 1. The molecule has 1 N–H and O–H groups in total. The van der Waals surface area contributed by atoms with Crippen molar-refractivity contribution < 1.29 is 17.4 Å². The number of fused-ring (bicyclic) bond motifs is 1. The van der Waals surface area contributed by atoms with Crippen LogP contribution in [0.15, 0.2) is 61.2 Å². The van der Waals surface area contributed by atoms with Crippen LogP contribution in [-0.4, -0.2) is 52.6 Å². The minimum atomic E-state index is -3.66. The number of aromatic nitrogens is 4. The van der Waals surface area contributed by atoms with Crippen LogP contribution in [-0.2, 0) is 19.1 Å². The van der Waals surface area contributed by atoms with E-state index in [1.165, 1.54) is 24.7 Å². The number of nitrogens with zero attached hydrogens (tertiary/aromatic N) is 5. The van der Waals surface area contributed by atoms with E-state index in [1.807, 2.05) is 45.8 Å². The van der Waals surface area contributed by atoms with Crippen molar-refractivity contribution in [3.63, 3.8) is 0 Å². The summed E-state index contributed by atoms with van der Waals surface area (Å²) in [6.07, 6.45) is 9.60. The summed E-state index contributed by atoms with van der Waals surface area (Å²) < 4.78 is 31.4. The molecule has 0 radical (unpaired) electrons. The van der Waals surface area contributed by atoms with Crippen LogP contribution in [0.3, 0.4) is 0 Å². The maximum Gasteiger partial charge on any atom is 0.264 e. The molecule has 10 nitrogen and oxygen atoms in total. The molecule has 0 bridgehead atoms. The molecular formula is C29H29ClN6O4S. The minimum Gasteiger partial charge on any atom is -0.345 e. The van der Waals surface area contributed by atoms with E-state index in [0.717, 1.165) is 29.6 Å². The van der Waals surface area contributed by atoms with Gasteiger partial charge in [0.05, 0.1) is 24.1 Å². The van der Waals surface area contributed by atoms with E-state index >= 15 is 0 Å². The van der Waals surface area contributed by atoms with Crippen LogP contribution in [0.4, 0.5) is 11.6 Å². The van der Waals surface area contributed by atoms with Gasteiger partial charge >= 0.3 is 0 Å². The molecule has 4 aromatic rings. The molecule has 12 heteroatoms. The summed E-state index contributed by atoms with van der Waals surface area (Å²) in [5.41, 5.74) is 3.97. The number of benzene rings is 1. The molecule has 0 spiro atoms. The van der Waals surface area contributed by atoms with E-state index in [9.17, 15) is 13.2 Å². The van der Waals surface area contributed by atoms with Gasteiger partial charge in [0.25, 0.3) is 10.1 Å². The Kier molecular flexibility index (Phi) is 6.48. The third-order valence-electron chi connectivity index (χ3n) is 8.06. The molecule has 1 amide bonds. The number of hydrogen-bond donors (Lipinski definition) is 1. The Morgan fingerprint density at radius 3 is 2.71 bits per heavy atom. The smallest absolute Gasteiger partial charge is 0.264 e. The fourth-order valence-electron chi connectivity index (χ4n) is 5.88. The third kappa shape index (κ3) is 5.66. The van der Waals surface area contributed by atoms with E-state index in [-0.39, 0.29) is 23.8 Å². The zero-order valence-electron chi connectivity index (χ0n) is 22.4. The maximum atomic E-state index is 13.0. The average Bonchev–Trinajstić information content (AvgIpc) is 3.85. The second-order valence-electron chi connectivity index (χ2n) is 11.2. The summed E-state index contributed by atoms with van der Waals surface area (Å²) in [7, 11) is -3.66. The number of carbonyl (C=O) groups is 1. The predicted molar refractivity (Wildman–Crippen MR) is 155 cm³/mol. The predicted octanol–water partition coefficient (Wildman–Crippen LogP) is 4.69. The van der Waals surface area contributed by atoms with Crippen molar-refractivity contribution in [2.45, 2.75) is 49.7 Å². The van der Waals surface area contributed by atoms with Gasteiger partial charge in [-0.15, -0.1) is 0 Å². The zero-order valence-corrected chi connectivity index (χ0v) is 23.9. The van der Waals surface area contributed by atoms with E-state index < -0.39 is 16.2 Å². The van der Waals surface area contributed by atoms with Crippen LogP contribution < -0.4 is 10.2 Å². The second kappa shape index (κ2) is 10.1. The van der Waals surface area contributed by atoms with Crippen molar-refractivity contribution in [2.24, 2.45) is 5.92 Å². The lowest BCUT2D eigenvalue weighted by molar-refractivity contribution is -0.117. The Balaban J connectivity index is 1.13. The minimum absolute atomic E-state index is 0.109. The summed E-state index contributed by atoms with van der Waals surface area (Å²) in [6, 6.07) is 13.2. The molecule has 1 aliphatic heterocycles. The fraction of sp³-hybridized carbons (Fsp3) is 0.379. The monoisotopic (exact) mass is 592 g/mol. The molecule has 1 saturated heterocycles. The van der Waals surface area contributed by atoms with Gasteiger partial charge in [0.1, 0.15) is 23.6 Å². The van der Waals surface area contributed by atoms with Crippen LogP contribution in [0.2, 0.25) is 5.02 Å². The number of hydrogen-bond acceptors (Lipinski definition) is 8. The first kappa shape index (κ1) is 26.4. The highest BCUT2D eigenvalue weighted by atomic mass is 35.5.